The summed E-state index contributed by atoms with van der Waals surface area (Å²) in [5.74, 6) is 0.519. The quantitative estimate of drug-likeness (QED) is 0.377. The monoisotopic (exact) mass is 469 g/mol. The van der Waals surface area contributed by atoms with Crippen molar-refractivity contribution in [2.45, 2.75) is 44.6 Å². The van der Waals surface area contributed by atoms with Gasteiger partial charge in [0.25, 0.3) is 0 Å². The number of hydrogen-bond acceptors (Lipinski definition) is 8. The number of carboxylic acid groups (broad SMARTS) is 1. The van der Waals surface area contributed by atoms with Gasteiger partial charge in [0.15, 0.2) is 0 Å². The van der Waals surface area contributed by atoms with Crippen LogP contribution in [0.15, 0.2) is 30.7 Å². The van der Waals surface area contributed by atoms with E-state index in [1.54, 1.807) is 31.3 Å². The first kappa shape index (κ1) is 25.4. The second-order valence-electron chi connectivity index (χ2n) is 8.78. The molecule has 2 aromatic heterocycles. The van der Waals surface area contributed by atoms with E-state index in [1.165, 1.54) is 11.9 Å². The number of rotatable bonds is 13. The SMILES string of the molecule is CN(C)C(=O)CN(CCCCc1ccc2c(n1)NCCC2)CC[C@H](Nc1ccncn1)C(=O)O. The zero-order valence-corrected chi connectivity index (χ0v) is 20.0. The van der Waals surface area contributed by atoms with Crippen LogP contribution in [-0.4, -0.2) is 88.1 Å². The molecule has 3 N–H and O–H groups in total. The van der Waals surface area contributed by atoms with E-state index in [1.807, 2.05) is 4.90 Å². The highest BCUT2D eigenvalue weighted by atomic mass is 16.4. The largest absolute Gasteiger partial charge is 0.480 e. The second-order valence-corrected chi connectivity index (χ2v) is 8.78. The topological polar surface area (TPSA) is 124 Å². The van der Waals surface area contributed by atoms with Gasteiger partial charge in [0.2, 0.25) is 5.91 Å². The predicted octanol–water partition coefficient (Wildman–Crippen LogP) is 1.90. The molecule has 34 heavy (non-hydrogen) atoms. The van der Waals surface area contributed by atoms with Crippen molar-refractivity contribution in [2.75, 3.05) is 50.9 Å². The second kappa shape index (κ2) is 12.8. The highest BCUT2D eigenvalue weighted by Gasteiger charge is 2.20. The number of unbranched alkanes of at least 4 members (excludes halogenated alkanes) is 1. The molecule has 0 spiro atoms. The van der Waals surface area contributed by atoms with E-state index in [9.17, 15) is 14.7 Å². The van der Waals surface area contributed by atoms with Crippen LogP contribution >= 0.6 is 0 Å². The summed E-state index contributed by atoms with van der Waals surface area (Å²) in [6.07, 6.45) is 8.21. The maximum absolute atomic E-state index is 12.3. The number of carbonyl (C=O) groups is 2. The molecule has 0 aliphatic carbocycles. The van der Waals surface area contributed by atoms with Gasteiger partial charge in [-0.3, -0.25) is 9.69 Å². The van der Waals surface area contributed by atoms with Crippen LogP contribution in [0, 0.1) is 0 Å². The number of carbonyl (C=O) groups excluding carboxylic acids is 1. The molecular weight excluding hydrogens is 434 g/mol. The molecule has 3 heterocycles. The third-order valence-corrected chi connectivity index (χ3v) is 5.90. The molecule has 3 rings (SSSR count). The number of aryl methyl sites for hydroxylation is 2. The van der Waals surface area contributed by atoms with Crippen molar-refractivity contribution in [1.29, 1.82) is 0 Å². The standard InChI is InChI=1S/C24H35N7O3/c1-30(2)22(32)16-31(15-11-20(24(33)34)29-21-10-13-25-17-27-21)14-4-3-7-19-9-8-18-6-5-12-26-23(18)28-19/h8-10,13,17,20H,3-7,11-12,14-16H2,1-2H3,(H,26,28)(H,33,34)(H,25,27,29)/t20-/m0/s1. The Balaban J connectivity index is 1.51. The molecule has 1 aliphatic rings. The van der Waals surface area contributed by atoms with Crippen molar-refractivity contribution < 1.29 is 14.7 Å². The van der Waals surface area contributed by atoms with Crippen LogP contribution in [-0.2, 0) is 22.4 Å². The Morgan fingerprint density at radius 3 is 2.79 bits per heavy atom. The molecule has 0 saturated heterocycles. The summed E-state index contributed by atoms with van der Waals surface area (Å²) in [4.78, 5) is 40.3. The summed E-state index contributed by atoms with van der Waals surface area (Å²) in [6.45, 7) is 2.42. The highest BCUT2D eigenvalue weighted by molar-refractivity contribution is 5.78. The van der Waals surface area contributed by atoms with Crippen LogP contribution in [0.4, 0.5) is 11.6 Å². The molecule has 1 atom stereocenters. The van der Waals surface area contributed by atoms with E-state index in [-0.39, 0.29) is 12.5 Å². The van der Waals surface area contributed by atoms with Crippen molar-refractivity contribution in [3.05, 3.63) is 42.0 Å². The third-order valence-electron chi connectivity index (χ3n) is 5.90. The summed E-state index contributed by atoms with van der Waals surface area (Å²) in [5, 5.41) is 15.9. The lowest BCUT2D eigenvalue weighted by Gasteiger charge is -2.25. The van der Waals surface area contributed by atoms with Gasteiger partial charge in [-0.05, 0) is 62.8 Å². The molecule has 0 aromatic carbocycles. The molecule has 0 saturated carbocycles. The lowest BCUT2D eigenvalue weighted by molar-refractivity contribution is -0.138. The van der Waals surface area contributed by atoms with E-state index in [2.05, 4.69) is 32.7 Å². The van der Waals surface area contributed by atoms with Crippen LogP contribution in [0.3, 0.4) is 0 Å². The van der Waals surface area contributed by atoms with Gasteiger partial charge in [0.05, 0.1) is 6.54 Å². The molecule has 2 aromatic rings. The van der Waals surface area contributed by atoms with Crippen LogP contribution in [0.1, 0.15) is 36.9 Å². The molecule has 184 valence electrons. The van der Waals surface area contributed by atoms with Crippen molar-refractivity contribution in [1.82, 2.24) is 24.8 Å². The van der Waals surface area contributed by atoms with Gasteiger partial charge in [-0.2, -0.15) is 0 Å². The number of likely N-dealkylation sites (N-methyl/N-ethyl adjacent to an activating group) is 1. The van der Waals surface area contributed by atoms with Crippen LogP contribution in [0.5, 0.6) is 0 Å². The highest BCUT2D eigenvalue weighted by Crippen LogP contribution is 2.20. The van der Waals surface area contributed by atoms with Gasteiger partial charge in [0, 0.05) is 39.1 Å². The maximum atomic E-state index is 12.3. The van der Waals surface area contributed by atoms with Gasteiger partial charge >= 0.3 is 5.97 Å². The van der Waals surface area contributed by atoms with Crippen molar-refractivity contribution in [3.8, 4) is 0 Å². The van der Waals surface area contributed by atoms with Gasteiger partial charge in [-0.25, -0.2) is 19.7 Å². The Labute approximate surface area is 200 Å². The number of carboxylic acids is 1. The average molecular weight is 470 g/mol. The predicted molar refractivity (Wildman–Crippen MR) is 131 cm³/mol. The van der Waals surface area contributed by atoms with Gasteiger partial charge in [0.1, 0.15) is 24.0 Å². The average Bonchev–Trinajstić information content (AvgIpc) is 2.84. The molecular formula is C24H35N7O3. The summed E-state index contributed by atoms with van der Waals surface area (Å²) in [7, 11) is 3.46. The number of anilines is 2. The number of aliphatic carboxylic acids is 1. The van der Waals surface area contributed by atoms with E-state index in [0.717, 1.165) is 50.2 Å². The summed E-state index contributed by atoms with van der Waals surface area (Å²) in [5.41, 5.74) is 2.36. The number of amides is 1. The lowest BCUT2D eigenvalue weighted by atomic mass is 10.1. The Morgan fingerprint density at radius 2 is 2.06 bits per heavy atom. The van der Waals surface area contributed by atoms with Crippen molar-refractivity contribution in [2.24, 2.45) is 0 Å². The summed E-state index contributed by atoms with van der Waals surface area (Å²) < 4.78 is 0. The van der Waals surface area contributed by atoms with E-state index in [0.29, 0.717) is 25.3 Å². The number of fused-ring (bicyclic) bond motifs is 1. The minimum atomic E-state index is -0.954. The Bertz CT molecular complexity index is 939. The van der Waals surface area contributed by atoms with Gasteiger partial charge < -0.3 is 20.6 Å². The fraction of sp³-hybridized carbons (Fsp3) is 0.542. The van der Waals surface area contributed by atoms with Crippen molar-refractivity contribution >= 4 is 23.5 Å². The first-order chi connectivity index (χ1) is 16.4. The minimum Gasteiger partial charge on any atom is -0.480 e. The van der Waals surface area contributed by atoms with E-state index < -0.39 is 12.0 Å². The van der Waals surface area contributed by atoms with E-state index >= 15 is 0 Å². The van der Waals surface area contributed by atoms with Gasteiger partial charge in [-0.1, -0.05) is 6.07 Å². The maximum Gasteiger partial charge on any atom is 0.326 e. The lowest BCUT2D eigenvalue weighted by Crippen LogP contribution is -2.40. The number of aromatic nitrogens is 3. The Morgan fingerprint density at radius 1 is 1.21 bits per heavy atom. The molecule has 1 amide bonds. The molecule has 10 heteroatoms. The molecule has 0 bridgehead atoms. The number of nitrogens with zero attached hydrogens (tertiary/aromatic N) is 5. The summed E-state index contributed by atoms with van der Waals surface area (Å²) >= 11 is 0. The zero-order chi connectivity index (χ0) is 24.3. The fourth-order valence-electron chi connectivity index (χ4n) is 3.88. The zero-order valence-electron chi connectivity index (χ0n) is 20.0. The van der Waals surface area contributed by atoms with Gasteiger partial charge in [-0.15, -0.1) is 0 Å². The molecule has 1 aliphatic heterocycles. The minimum absolute atomic E-state index is 0.00179. The Kier molecular flexibility index (Phi) is 9.57. The number of pyridine rings is 1. The smallest absolute Gasteiger partial charge is 0.326 e. The first-order valence-corrected chi connectivity index (χ1v) is 11.8. The molecule has 0 unspecified atom stereocenters. The third kappa shape index (κ3) is 7.95. The van der Waals surface area contributed by atoms with Crippen LogP contribution in [0.25, 0.3) is 0 Å². The number of nitrogens with one attached hydrogen (secondary N) is 2. The summed E-state index contributed by atoms with van der Waals surface area (Å²) in [6, 6.07) is 5.10. The normalized spacial score (nSPS) is 13.6. The van der Waals surface area contributed by atoms with E-state index in [4.69, 9.17) is 4.98 Å². The van der Waals surface area contributed by atoms with Crippen LogP contribution < -0.4 is 10.6 Å². The molecule has 10 nitrogen and oxygen atoms in total. The molecule has 0 fully saturated rings. The number of hydrogen-bond donors (Lipinski definition) is 3. The fourth-order valence-corrected chi connectivity index (χ4v) is 3.88. The van der Waals surface area contributed by atoms with Crippen molar-refractivity contribution in [3.63, 3.8) is 0 Å². The Hall–Kier alpha value is -3.27. The van der Waals surface area contributed by atoms with Crippen LogP contribution in [0.2, 0.25) is 0 Å². The first-order valence-electron chi connectivity index (χ1n) is 11.8. The molecule has 0 radical (unpaired) electrons.